The molecular weight excluding hydrogens is 332 g/mol. The van der Waals surface area contributed by atoms with E-state index in [2.05, 4.69) is 31.2 Å². The summed E-state index contributed by atoms with van der Waals surface area (Å²) in [4.78, 5) is 23.8. The maximum absolute atomic E-state index is 12.5. The number of carboxylic acids is 1. The summed E-state index contributed by atoms with van der Waals surface area (Å²) in [5.74, 6) is -0.457. The molecule has 0 fully saturated rings. The highest BCUT2D eigenvalue weighted by Gasteiger charge is 2.27. The van der Waals surface area contributed by atoms with Crippen molar-refractivity contribution in [2.75, 3.05) is 6.26 Å². The molecule has 1 aliphatic carbocycles. The predicted octanol–water partition coefficient (Wildman–Crippen LogP) is 5.92. The van der Waals surface area contributed by atoms with Crippen LogP contribution in [0.3, 0.4) is 0 Å². The number of thioether (sulfide) groups is 1. The number of carbonyl (C=O) groups is 2. The summed E-state index contributed by atoms with van der Waals surface area (Å²) >= 11 is 1.52. The lowest BCUT2D eigenvalue weighted by atomic mass is 9.98. The zero-order chi connectivity index (χ0) is 18.5. The van der Waals surface area contributed by atoms with Crippen molar-refractivity contribution in [2.24, 2.45) is 5.92 Å². The molecule has 25 heavy (non-hydrogen) atoms. The van der Waals surface area contributed by atoms with E-state index in [1.807, 2.05) is 6.26 Å². The number of allylic oxidation sites excluding steroid dienone is 6. The van der Waals surface area contributed by atoms with Crippen LogP contribution < -0.4 is 0 Å². The molecule has 0 saturated heterocycles. The van der Waals surface area contributed by atoms with Gasteiger partial charge in [-0.2, -0.15) is 0 Å². The van der Waals surface area contributed by atoms with Gasteiger partial charge < -0.3 is 5.11 Å². The molecule has 0 aliphatic heterocycles. The molecule has 4 heteroatoms. The Morgan fingerprint density at radius 2 is 1.88 bits per heavy atom. The predicted molar refractivity (Wildman–Crippen MR) is 107 cm³/mol. The smallest absolute Gasteiger partial charge is 0.303 e. The summed E-state index contributed by atoms with van der Waals surface area (Å²) in [6.45, 7) is 2.22. The molecule has 1 rings (SSSR count). The van der Waals surface area contributed by atoms with Gasteiger partial charge in [-0.1, -0.05) is 56.9 Å². The monoisotopic (exact) mass is 364 g/mol. The number of Topliss-reactive ketones (excluding diaryl/α,β-unsaturated/α-hetero) is 1. The van der Waals surface area contributed by atoms with E-state index in [1.54, 1.807) is 0 Å². The van der Waals surface area contributed by atoms with Crippen molar-refractivity contribution in [2.45, 2.75) is 71.1 Å². The Balaban J connectivity index is 2.49. The molecule has 0 spiro atoms. The molecule has 1 aliphatic rings. The summed E-state index contributed by atoms with van der Waals surface area (Å²) in [5, 5.41) is 8.65. The maximum atomic E-state index is 12.5. The normalized spacial score (nSPS) is 19.1. The number of hydrogen-bond donors (Lipinski definition) is 1. The minimum Gasteiger partial charge on any atom is -0.481 e. The van der Waals surface area contributed by atoms with Crippen LogP contribution in [-0.2, 0) is 9.59 Å². The van der Waals surface area contributed by atoms with Gasteiger partial charge in [0.2, 0.25) is 0 Å². The lowest BCUT2D eigenvalue weighted by Gasteiger charge is -2.05. The maximum Gasteiger partial charge on any atom is 0.303 e. The molecule has 0 bridgehead atoms. The molecule has 0 heterocycles. The Hall–Kier alpha value is -1.29. The Labute approximate surface area is 156 Å². The molecular formula is C21H32O3S. The average molecular weight is 365 g/mol. The van der Waals surface area contributed by atoms with Crippen LogP contribution >= 0.6 is 11.8 Å². The summed E-state index contributed by atoms with van der Waals surface area (Å²) in [6, 6.07) is 0. The van der Waals surface area contributed by atoms with Crippen molar-refractivity contribution in [3.05, 3.63) is 34.8 Å². The topological polar surface area (TPSA) is 54.4 Å². The average Bonchev–Trinajstić information content (AvgIpc) is 2.89. The third kappa shape index (κ3) is 8.57. The van der Waals surface area contributed by atoms with E-state index in [9.17, 15) is 9.59 Å². The first-order valence-corrected chi connectivity index (χ1v) is 10.7. The molecule has 1 unspecified atom stereocenters. The van der Waals surface area contributed by atoms with Gasteiger partial charge in [-0.25, -0.2) is 0 Å². The SMILES string of the molecule is CCCCCCC=CC1C=C(SC)C(=O)C1=CCCCCCC(=O)O. The van der Waals surface area contributed by atoms with E-state index >= 15 is 0 Å². The Bertz CT molecular complexity index is 517. The van der Waals surface area contributed by atoms with Crippen molar-refractivity contribution >= 4 is 23.5 Å². The molecule has 1 N–H and O–H groups in total. The van der Waals surface area contributed by atoms with Gasteiger partial charge >= 0.3 is 5.97 Å². The van der Waals surface area contributed by atoms with Crippen molar-refractivity contribution in [3.8, 4) is 0 Å². The van der Waals surface area contributed by atoms with Crippen LogP contribution in [-0.4, -0.2) is 23.1 Å². The summed E-state index contributed by atoms with van der Waals surface area (Å²) in [6.07, 6.45) is 20.2. The second kappa shape index (κ2) is 13.0. The lowest BCUT2D eigenvalue weighted by molar-refractivity contribution is -0.137. The summed E-state index contributed by atoms with van der Waals surface area (Å²) < 4.78 is 0. The fraction of sp³-hybridized carbons (Fsp3) is 0.619. The largest absolute Gasteiger partial charge is 0.481 e. The number of ketones is 1. The first kappa shape index (κ1) is 21.8. The van der Waals surface area contributed by atoms with Gasteiger partial charge in [0, 0.05) is 17.9 Å². The van der Waals surface area contributed by atoms with Crippen LogP contribution in [0.15, 0.2) is 34.8 Å². The number of aliphatic carboxylic acids is 1. The van der Waals surface area contributed by atoms with Crippen molar-refractivity contribution in [1.82, 2.24) is 0 Å². The van der Waals surface area contributed by atoms with Crippen LogP contribution in [0.1, 0.15) is 71.1 Å². The summed E-state index contributed by atoms with van der Waals surface area (Å²) in [7, 11) is 0. The standard InChI is InChI=1S/C21H32O3S/c1-3-4-5-6-7-10-13-17-16-19(25-2)21(24)18(17)14-11-8-9-12-15-20(22)23/h10,13-14,16-17H,3-9,11-12,15H2,1-2H3,(H,22,23). The zero-order valence-corrected chi connectivity index (χ0v) is 16.4. The first-order valence-electron chi connectivity index (χ1n) is 9.49. The summed E-state index contributed by atoms with van der Waals surface area (Å²) in [5.41, 5.74) is 0.896. The second-order valence-corrected chi connectivity index (χ2v) is 7.37. The van der Waals surface area contributed by atoms with Crippen LogP contribution in [0.25, 0.3) is 0 Å². The van der Waals surface area contributed by atoms with Gasteiger partial charge in [0.1, 0.15) is 0 Å². The first-order chi connectivity index (χ1) is 12.1. The van der Waals surface area contributed by atoms with Gasteiger partial charge in [0.15, 0.2) is 5.78 Å². The van der Waals surface area contributed by atoms with E-state index < -0.39 is 5.97 Å². The number of carbonyl (C=O) groups excluding carboxylic acids is 1. The number of carboxylic acid groups (broad SMARTS) is 1. The third-order valence-electron chi connectivity index (χ3n) is 4.42. The molecule has 1 atom stereocenters. The molecule has 0 saturated carbocycles. The van der Waals surface area contributed by atoms with E-state index in [0.29, 0.717) is 6.42 Å². The Morgan fingerprint density at radius 1 is 1.16 bits per heavy atom. The van der Waals surface area contributed by atoms with Gasteiger partial charge in [0.25, 0.3) is 0 Å². The van der Waals surface area contributed by atoms with Crippen molar-refractivity contribution in [3.63, 3.8) is 0 Å². The van der Waals surface area contributed by atoms with Crippen LogP contribution in [0.4, 0.5) is 0 Å². The molecule has 0 aromatic heterocycles. The molecule has 0 aromatic carbocycles. The number of rotatable bonds is 13. The quantitative estimate of drug-likeness (QED) is 0.250. The molecule has 140 valence electrons. The fourth-order valence-corrected chi connectivity index (χ4v) is 3.54. The van der Waals surface area contributed by atoms with E-state index in [0.717, 1.165) is 36.2 Å². The Morgan fingerprint density at radius 3 is 2.56 bits per heavy atom. The minimum atomic E-state index is -0.734. The van der Waals surface area contributed by atoms with Gasteiger partial charge in [0.05, 0.1) is 4.91 Å². The molecule has 3 nitrogen and oxygen atoms in total. The van der Waals surface area contributed by atoms with Crippen LogP contribution in [0, 0.1) is 5.92 Å². The molecule has 0 amide bonds. The molecule has 0 aromatic rings. The van der Waals surface area contributed by atoms with Crippen molar-refractivity contribution in [1.29, 1.82) is 0 Å². The van der Waals surface area contributed by atoms with E-state index in [1.165, 1.54) is 37.4 Å². The van der Waals surface area contributed by atoms with Crippen molar-refractivity contribution < 1.29 is 14.7 Å². The lowest BCUT2D eigenvalue weighted by Crippen LogP contribution is -2.02. The zero-order valence-electron chi connectivity index (χ0n) is 15.6. The van der Waals surface area contributed by atoms with Crippen LogP contribution in [0.5, 0.6) is 0 Å². The minimum absolute atomic E-state index is 0.111. The third-order valence-corrected chi connectivity index (χ3v) is 5.18. The highest BCUT2D eigenvalue weighted by molar-refractivity contribution is 8.03. The Kier molecular flexibility index (Phi) is 11.3. The molecule has 0 radical (unpaired) electrons. The van der Waals surface area contributed by atoms with Crippen LogP contribution in [0.2, 0.25) is 0 Å². The highest BCUT2D eigenvalue weighted by Crippen LogP contribution is 2.33. The highest BCUT2D eigenvalue weighted by atomic mass is 32.2. The number of unbranched alkanes of at least 4 members (excludes halogenated alkanes) is 7. The van der Waals surface area contributed by atoms with E-state index in [-0.39, 0.29) is 18.1 Å². The number of hydrogen-bond acceptors (Lipinski definition) is 3. The second-order valence-electron chi connectivity index (χ2n) is 6.52. The van der Waals surface area contributed by atoms with E-state index in [4.69, 9.17) is 5.11 Å². The fourth-order valence-electron chi connectivity index (χ4n) is 2.96. The van der Waals surface area contributed by atoms with Gasteiger partial charge in [-0.15, -0.1) is 11.8 Å². The van der Waals surface area contributed by atoms with Gasteiger partial charge in [-0.3, -0.25) is 9.59 Å². The van der Waals surface area contributed by atoms with Gasteiger partial charge in [-0.05, 0) is 38.4 Å².